The number of hydrogen-bond acceptors (Lipinski definition) is 0. The topological polar surface area (TPSA) is 0 Å². The van der Waals surface area contributed by atoms with E-state index in [2.05, 4.69) is 44.0 Å². The molecule has 0 spiro atoms. The van der Waals surface area contributed by atoms with Crippen LogP contribution in [0.2, 0.25) is 0 Å². The number of alkyl halides is 1. The van der Waals surface area contributed by atoms with Crippen LogP contribution in [-0.2, 0) is 6.42 Å². The lowest BCUT2D eigenvalue weighted by Gasteiger charge is -2.15. The Labute approximate surface area is 123 Å². The molecule has 0 radical (unpaired) electrons. The maximum absolute atomic E-state index is 13.6. The quantitative estimate of drug-likeness (QED) is 0.639. The van der Waals surface area contributed by atoms with Crippen LogP contribution in [0.3, 0.4) is 0 Å². The van der Waals surface area contributed by atoms with Crippen LogP contribution in [0.1, 0.15) is 17.0 Å². The fraction of sp³-hybridized carbons (Fsp3) is 0.200. The highest BCUT2D eigenvalue weighted by Gasteiger charge is 2.13. The molecule has 94 valence electrons. The van der Waals surface area contributed by atoms with Gasteiger partial charge in [0, 0.05) is 9.80 Å². The van der Waals surface area contributed by atoms with E-state index in [1.165, 1.54) is 11.6 Å². The number of halogens is 3. The van der Waals surface area contributed by atoms with E-state index in [4.69, 9.17) is 0 Å². The smallest absolute Gasteiger partial charge is 0.126 e. The molecule has 0 saturated carbocycles. The van der Waals surface area contributed by atoms with E-state index in [1.807, 2.05) is 24.3 Å². The van der Waals surface area contributed by atoms with Crippen LogP contribution in [0.4, 0.5) is 4.39 Å². The summed E-state index contributed by atoms with van der Waals surface area (Å²) in [4.78, 5) is 0. The molecule has 0 fully saturated rings. The summed E-state index contributed by atoms with van der Waals surface area (Å²) in [6.45, 7) is 0. The summed E-state index contributed by atoms with van der Waals surface area (Å²) in [5, 5.41) is 0.822. The molecule has 0 aliphatic heterocycles. The Bertz CT molecular complexity index is 508. The van der Waals surface area contributed by atoms with E-state index in [9.17, 15) is 4.39 Å². The molecule has 0 aromatic heterocycles. The summed E-state index contributed by atoms with van der Waals surface area (Å²) in [5.41, 5.74) is 1.99. The first-order valence-electron chi connectivity index (χ1n) is 5.75. The minimum Gasteiger partial charge on any atom is -0.207 e. The van der Waals surface area contributed by atoms with E-state index in [0.717, 1.165) is 15.4 Å². The lowest BCUT2D eigenvalue weighted by molar-refractivity contribution is 0.599. The fourth-order valence-corrected chi connectivity index (χ4v) is 2.79. The minimum atomic E-state index is -0.124. The summed E-state index contributed by atoms with van der Waals surface area (Å²) in [7, 11) is 0. The van der Waals surface area contributed by atoms with E-state index in [0.29, 0.717) is 6.42 Å². The fourth-order valence-electron chi connectivity index (χ4n) is 1.93. The molecule has 0 heterocycles. The van der Waals surface area contributed by atoms with Gasteiger partial charge in [-0.15, -0.1) is 0 Å². The van der Waals surface area contributed by atoms with Gasteiger partial charge in [-0.25, -0.2) is 4.39 Å². The average molecular weight is 372 g/mol. The minimum absolute atomic E-state index is 0.124. The van der Waals surface area contributed by atoms with Gasteiger partial charge < -0.3 is 0 Å². The monoisotopic (exact) mass is 370 g/mol. The Morgan fingerprint density at radius 1 is 1.00 bits per heavy atom. The lowest BCUT2D eigenvalue weighted by atomic mass is 9.93. The molecule has 2 aromatic carbocycles. The van der Waals surface area contributed by atoms with E-state index < -0.39 is 0 Å². The normalized spacial score (nSPS) is 12.4. The van der Waals surface area contributed by atoms with Crippen LogP contribution in [0.25, 0.3) is 0 Å². The molecule has 0 aliphatic carbocycles. The maximum atomic E-state index is 13.6. The summed E-state index contributed by atoms with van der Waals surface area (Å²) in [6.07, 6.45) is 0.708. The van der Waals surface area contributed by atoms with Crippen molar-refractivity contribution in [3.05, 3.63) is 69.9 Å². The zero-order chi connectivity index (χ0) is 13.0. The van der Waals surface area contributed by atoms with Gasteiger partial charge in [-0.3, -0.25) is 0 Å². The zero-order valence-corrected chi connectivity index (χ0v) is 12.9. The largest absolute Gasteiger partial charge is 0.207 e. The first-order chi connectivity index (χ1) is 8.70. The molecule has 0 aliphatic rings. The number of hydrogen-bond donors (Lipinski definition) is 0. The summed E-state index contributed by atoms with van der Waals surface area (Å²) in [5.74, 6) is 0.163. The third-order valence-electron chi connectivity index (χ3n) is 2.95. The Kier molecular flexibility index (Phi) is 4.95. The Hall–Kier alpha value is -0.670. The predicted octanol–water partition coefficient (Wildman–Crippen LogP) is 5.31. The van der Waals surface area contributed by atoms with Crippen molar-refractivity contribution < 1.29 is 4.39 Å². The van der Waals surface area contributed by atoms with Gasteiger partial charge in [0.05, 0.1) is 0 Å². The molecule has 1 atom stereocenters. The van der Waals surface area contributed by atoms with Crippen molar-refractivity contribution in [2.45, 2.75) is 12.3 Å². The van der Waals surface area contributed by atoms with Crippen molar-refractivity contribution in [2.75, 3.05) is 5.33 Å². The number of rotatable bonds is 4. The van der Waals surface area contributed by atoms with E-state index >= 15 is 0 Å². The van der Waals surface area contributed by atoms with Gasteiger partial charge >= 0.3 is 0 Å². The molecular formula is C15H13Br2F. The highest BCUT2D eigenvalue weighted by Crippen LogP contribution is 2.25. The second kappa shape index (κ2) is 6.48. The molecule has 0 amide bonds. The van der Waals surface area contributed by atoms with Crippen LogP contribution < -0.4 is 0 Å². The van der Waals surface area contributed by atoms with Gasteiger partial charge in [-0.05, 0) is 41.7 Å². The molecule has 1 unspecified atom stereocenters. The molecule has 0 bridgehead atoms. The zero-order valence-electron chi connectivity index (χ0n) is 9.74. The van der Waals surface area contributed by atoms with Gasteiger partial charge in [0.25, 0.3) is 0 Å². The van der Waals surface area contributed by atoms with Crippen molar-refractivity contribution in [1.82, 2.24) is 0 Å². The van der Waals surface area contributed by atoms with Gasteiger partial charge in [0.1, 0.15) is 5.82 Å². The van der Waals surface area contributed by atoms with Gasteiger partial charge in [0.2, 0.25) is 0 Å². The molecule has 3 heteroatoms. The maximum Gasteiger partial charge on any atom is 0.126 e. The second-order valence-corrected chi connectivity index (χ2v) is 5.76. The van der Waals surface area contributed by atoms with Gasteiger partial charge in [-0.2, -0.15) is 0 Å². The molecule has 2 rings (SSSR count). The second-order valence-electron chi connectivity index (χ2n) is 4.20. The molecule has 0 nitrogen and oxygen atoms in total. The SMILES string of the molecule is Fc1ccccc1CC(CBr)c1ccc(Br)cc1. The third-order valence-corrected chi connectivity index (χ3v) is 4.26. The third kappa shape index (κ3) is 3.42. The summed E-state index contributed by atoms with van der Waals surface area (Å²) < 4.78 is 14.7. The van der Waals surface area contributed by atoms with E-state index in [1.54, 1.807) is 6.07 Å². The van der Waals surface area contributed by atoms with Gasteiger partial charge in [0.15, 0.2) is 0 Å². The lowest BCUT2D eigenvalue weighted by Crippen LogP contribution is -2.05. The van der Waals surface area contributed by atoms with Crippen molar-refractivity contribution in [3.8, 4) is 0 Å². The molecule has 0 saturated heterocycles. The average Bonchev–Trinajstić information content (AvgIpc) is 2.39. The van der Waals surface area contributed by atoms with Crippen LogP contribution in [0.15, 0.2) is 53.0 Å². The highest BCUT2D eigenvalue weighted by atomic mass is 79.9. The summed E-state index contributed by atoms with van der Waals surface area (Å²) in [6, 6.07) is 15.2. The van der Waals surface area contributed by atoms with Crippen LogP contribution in [0.5, 0.6) is 0 Å². The first-order valence-corrected chi connectivity index (χ1v) is 7.67. The van der Waals surface area contributed by atoms with Crippen LogP contribution in [0, 0.1) is 5.82 Å². The molecule has 0 N–H and O–H groups in total. The van der Waals surface area contributed by atoms with Crippen LogP contribution in [-0.4, -0.2) is 5.33 Å². The standard InChI is InChI=1S/C15H13Br2F/c16-10-13(11-5-7-14(17)8-6-11)9-12-3-1-2-4-15(12)18/h1-8,13H,9-10H2. The van der Waals surface area contributed by atoms with Crippen molar-refractivity contribution in [3.63, 3.8) is 0 Å². The number of benzene rings is 2. The molecule has 18 heavy (non-hydrogen) atoms. The van der Waals surface area contributed by atoms with Crippen LogP contribution >= 0.6 is 31.9 Å². The molecular weight excluding hydrogens is 359 g/mol. The van der Waals surface area contributed by atoms with Crippen molar-refractivity contribution in [1.29, 1.82) is 0 Å². The first kappa shape index (κ1) is 13.8. The Morgan fingerprint density at radius 3 is 2.28 bits per heavy atom. The van der Waals surface area contributed by atoms with Crippen molar-refractivity contribution in [2.24, 2.45) is 0 Å². The highest BCUT2D eigenvalue weighted by molar-refractivity contribution is 9.10. The van der Waals surface area contributed by atoms with E-state index in [-0.39, 0.29) is 11.7 Å². The van der Waals surface area contributed by atoms with Crippen molar-refractivity contribution >= 4 is 31.9 Å². The Morgan fingerprint density at radius 2 is 1.67 bits per heavy atom. The summed E-state index contributed by atoms with van der Waals surface area (Å²) >= 11 is 6.94. The predicted molar refractivity (Wildman–Crippen MR) is 80.8 cm³/mol. The molecule has 2 aromatic rings. The van der Waals surface area contributed by atoms with Gasteiger partial charge in [-0.1, -0.05) is 62.2 Å². The Balaban J connectivity index is 2.20.